The smallest absolute Gasteiger partial charge is 0.230 e. The number of nitrogens with one attached hydrogen (secondary N) is 2. The summed E-state index contributed by atoms with van der Waals surface area (Å²) in [6.45, 7) is 0.122. The molecule has 1 rings (SSSR count). The zero-order valence-corrected chi connectivity index (χ0v) is 8.52. The van der Waals surface area contributed by atoms with Gasteiger partial charge in [0.1, 0.15) is 6.67 Å². The van der Waals surface area contributed by atoms with Crippen LogP contribution < -0.4 is 10.2 Å². The van der Waals surface area contributed by atoms with Gasteiger partial charge in [0.15, 0.2) is 0 Å². The van der Waals surface area contributed by atoms with Gasteiger partial charge in [0.25, 0.3) is 0 Å². The fourth-order valence-electron chi connectivity index (χ4n) is 0.725. The maximum Gasteiger partial charge on any atom is 0.230 e. The number of halogens is 1. The molecule has 0 unspecified atom stereocenters. The molecule has 0 fully saturated rings. The second-order valence-corrected chi connectivity index (χ2v) is 2.94. The predicted octanol–water partition coefficient (Wildman–Crippen LogP) is 0.991. The maximum absolute atomic E-state index is 6.45. The van der Waals surface area contributed by atoms with Gasteiger partial charge in [-0.25, -0.2) is 5.52 Å². The molecule has 0 spiro atoms. The third-order valence-corrected chi connectivity index (χ3v) is 1.47. The number of aromatic nitrogens is 3. The highest BCUT2D eigenvalue weighted by molar-refractivity contribution is 6.28. The molecular weight excluding hydrogens is 206 g/mol. The topological polar surface area (TPSA) is 90.2 Å². The summed E-state index contributed by atoms with van der Waals surface area (Å²) < 4.78 is 6.45. The molecule has 0 aliphatic carbocycles. The van der Waals surface area contributed by atoms with E-state index >= 15 is 0 Å². The largest absolute Gasteiger partial charge is 0.347 e. The molecule has 0 saturated carbocycles. The molecule has 0 aromatic carbocycles. The van der Waals surface area contributed by atoms with Crippen LogP contribution in [-0.4, -0.2) is 35.7 Å². The van der Waals surface area contributed by atoms with Crippen molar-refractivity contribution in [3.05, 3.63) is 5.28 Å². The molecule has 0 amide bonds. The molecule has 76 valence electrons. The Kier molecular flexibility index (Phi) is 3.02. The summed E-state index contributed by atoms with van der Waals surface area (Å²) in [4.78, 5) is 13.5. The molecular formula is C6H10ClN7. The molecule has 0 atom stereocenters. The van der Waals surface area contributed by atoms with Gasteiger partial charge in [0, 0.05) is 14.1 Å². The van der Waals surface area contributed by atoms with Gasteiger partial charge in [-0.3, -0.25) is 0 Å². The summed E-state index contributed by atoms with van der Waals surface area (Å²) >= 11 is 5.69. The van der Waals surface area contributed by atoms with Crippen molar-refractivity contribution in [3.8, 4) is 0 Å². The van der Waals surface area contributed by atoms with Gasteiger partial charge in [-0.1, -0.05) is 0 Å². The van der Waals surface area contributed by atoms with Gasteiger partial charge < -0.3 is 10.2 Å². The van der Waals surface area contributed by atoms with Crippen LogP contribution in [0.25, 0.3) is 0 Å². The Morgan fingerprint density at radius 2 is 2.36 bits per heavy atom. The van der Waals surface area contributed by atoms with Crippen LogP contribution in [0.3, 0.4) is 0 Å². The molecule has 0 saturated heterocycles. The van der Waals surface area contributed by atoms with E-state index in [0.29, 0.717) is 11.9 Å². The van der Waals surface area contributed by atoms with Gasteiger partial charge in [-0.2, -0.15) is 20.1 Å². The fraction of sp³-hybridized carbons (Fsp3) is 0.500. The van der Waals surface area contributed by atoms with E-state index < -0.39 is 0 Å². The molecule has 8 heteroatoms. The van der Waals surface area contributed by atoms with Crippen molar-refractivity contribution in [2.24, 2.45) is 5.11 Å². The first-order valence-electron chi connectivity index (χ1n) is 4.22. The van der Waals surface area contributed by atoms with E-state index in [1.54, 1.807) is 19.0 Å². The molecule has 1 aromatic heterocycles. The van der Waals surface area contributed by atoms with Crippen LogP contribution in [0.15, 0.2) is 5.11 Å². The van der Waals surface area contributed by atoms with Crippen molar-refractivity contribution >= 4 is 23.5 Å². The number of hydrogen-bond donors (Lipinski definition) is 2. The summed E-state index contributed by atoms with van der Waals surface area (Å²) in [7, 11) is 3.58. The Bertz CT molecular complexity index is 355. The van der Waals surface area contributed by atoms with E-state index in [4.69, 9.17) is 13.0 Å². The van der Waals surface area contributed by atoms with E-state index in [9.17, 15) is 0 Å². The van der Waals surface area contributed by atoms with Gasteiger partial charge in [0.2, 0.25) is 18.6 Å². The van der Waals surface area contributed by atoms with Crippen molar-refractivity contribution < 1.29 is 1.41 Å². The SMILES string of the molecule is [2H]N=NCNc1nc(Cl)nc(N(C)C)n1. The highest BCUT2D eigenvalue weighted by Gasteiger charge is 2.05. The first-order chi connectivity index (χ1) is 7.13. The van der Waals surface area contributed by atoms with Crippen LogP contribution in [0.5, 0.6) is 0 Å². The highest BCUT2D eigenvalue weighted by Crippen LogP contribution is 2.10. The van der Waals surface area contributed by atoms with Gasteiger partial charge in [-0.15, -0.1) is 0 Å². The van der Waals surface area contributed by atoms with Crippen molar-refractivity contribution in [2.75, 3.05) is 31.0 Å². The molecule has 0 aliphatic heterocycles. The Balaban J connectivity index is 2.79. The number of rotatable bonds is 4. The molecule has 1 aromatic rings. The zero-order chi connectivity index (χ0) is 11.3. The lowest BCUT2D eigenvalue weighted by Gasteiger charge is -2.10. The second-order valence-electron chi connectivity index (χ2n) is 2.60. The van der Waals surface area contributed by atoms with Gasteiger partial charge >= 0.3 is 0 Å². The van der Waals surface area contributed by atoms with Crippen LogP contribution in [0.4, 0.5) is 11.9 Å². The number of hydrogen-bond acceptors (Lipinski definition) is 7. The third kappa shape index (κ3) is 2.77. The summed E-state index contributed by atoms with van der Waals surface area (Å²) in [6.07, 6.45) is 0. The quantitative estimate of drug-likeness (QED) is 0.733. The van der Waals surface area contributed by atoms with Gasteiger partial charge in [0.05, 0.1) is 0 Å². The monoisotopic (exact) mass is 216 g/mol. The van der Waals surface area contributed by atoms with Crippen LogP contribution in [0.2, 0.25) is 6.70 Å². The lowest BCUT2D eigenvalue weighted by molar-refractivity contribution is 0.910. The van der Waals surface area contributed by atoms with Crippen molar-refractivity contribution in [1.29, 1.82) is 5.52 Å². The van der Waals surface area contributed by atoms with E-state index in [-0.39, 0.29) is 12.0 Å². The fourth-order valence-corrected chi connectivity index (χ4v) is 0.880. The van der Waals surface area contributed by atoms with Crippen molar-refractivity contribution in [2.45, 2.75) is 0 Å². The molecule has 0 aliphatic rings. The Morgan fingerprint density at radius 1 is 1.57 bits per heavy atom. The van der Waals surface area contributed by atoms with E-state index in [1.165, 1.54) is 0 Å². The molecule has 7 nitrogen and oxygen atoms in total. The standard InChI is InChI=1S/C6H10ClN7/c1-14(2)6-12-4(7)11-5(13-6)9-3-10-8/h8H,3H2,1-2H3,(H,9,11,12,13)/i/hD. The molecule has 1 heterocycles. The lowest BCUT2D eigenvalue weighted by atomic mass is 10.8. The van der Waals surface area contributed by atoms with Crippen LogP contribution in [0, 0.1) is 5.52 Å². The van der Waals surface area contributed by atoms with Crippen LogP contribution in [0.1, 0.15) is 0 Å². The van der Waals surface area contributed by atoms with E-state index in [0.717, 1.165) is 0 Å². The minimum atomic E-state index is 0.0963. The second kappa shape index (κ2) is 4.66. The average molecular weight is 217 g/mol. The normalized spacial score (nSPS) is 11.5. The van der Waals surface area contributed by atoms with E-state index in [2.05, 4.69) is 30.9 Å². The molecule has 0 bridgehead atoms. The van der Waals surface area contributed by atoms with Gasteiger partial charge in [-0.05, 0) is 11.6 Å². The first kappa shape index (κ1) is 9.07. The van der Waals surface area contributed by atoms with Crippen LogP contribution >= 0.6 is 11.6 Å². The maximum atomic E-state index is 6.45. The number of nitrogens with zero attached hydrogens (tertiary/aromatic N) is 5. The summed E-state index contributed by atoms with van der Waals surface area (Å²) in [5.74, 6) is 0.742. The zero-order valence-electron chi connectivity index (χ0n) is 8.77. The molecule has 0 radical (unpaired) electrons. The van der Waals surface area contributed by atoms with E-state index in [1.807, 2.05) is 0 Å². The molecule has 2 N–H and O–H groups in total. The lowest BCUT2D eigenvalue weighted by Crippen LogP contribution is -2.15. The highest BCUT2D eigenvalue weighted by atomic mass is 35.5. The number of anilines is 2. The summed E-state index contributed by atoms with van der Waals surface area (Å²) in [5.41, 5.74) is 2.83. The Hall–Kier alpha value is -1.50. The first-order valence-corrected chi connectivity index (χ1v) is 4.15. The summed E-state index contributed by atoms with van der Waals surface area (Å²) in [5, 5.41) is 6.22. The van der Waals surface area contributed by atoms with Crippen molar-refractivity contribution in [3.63, 3.8) is 0 Å². The minimum absolute atomic E-state index is 0.0963. The summed E-state index contributed by atoms with van der Waals surface area (Å²) in [6, 6.07) is 0. The van der Waals surface area contributed by atoms with Crippen molar-refractivity contribution in [1.82, 2.24) is 15.0 Å². The Labute approximate surface area is 87.5 Å². The Morgan fingerprint density at radius 3 is 3.00 bits per heavy atom. The van der Waals surface area contributed by atoms with Crippen LogP contribution in [-0.2, 0) is 0 Å². The third-order valence-electron chi connectivity index (χ3n) is 1.30. The predicted molar refractivity (Wildman–Crippen MR) is 52.8 cm³/mol. The minimum Gasteiger partial charge on any atom is -0.347 e. The average Bonchev–Trinajstić information content (AvgIpc) is 2.17. The molecule has 14 heavy (non-hydrogen) atoms.